The Hall–Kier alpha value is -0.850. The van der Waals surface area contributed by atoms with E-state index in [1.54, 1.807) is 11.3 Å². The first-order chi connectivity index (χ1) is 5.74. The molecule has 0 aliphatic heterocycles. The highest BCUT2D eigenvalue weighted by Crippen LogP contribution is 2.21. The molecule has 0 saturated heterocycles. The number of aromatic nitrogens is 1. The Kier molecular flexibility index (Phi) is 3.27. The molecule has 0 aliphatic carbocycles. The SMILES string of the molecule is C#CCCC(N)c1cnc(C)s1. The van der Waals surface area contributed by atoms with E-state index < -0.39 is 0 Å². The van der Waals surface area contributed by atoms with E-state index >= 15 is 0 Å². The van der Waals surface area contributed by atoms with Gasteiger partial charge in [-0.2, -0.15) is 0 Å². The van der Waals surface area contributed by atoms with Crippen LogP contribution in [0.3, 0.4) is 0 Å². The fraction of sp³-hybridized carbons (Fsp3) is 0.444. The minimum Gasteiger partial charge on any atom is -0.323 e. The Balaban J connectivity index is 2.54. The predicted octanol–water partition coefficient (Wildman–Crippen LogP) is 1.86. The second kappa shape index (κ2) is 4.24. The van der Waals surface area contributed by atoms with Gasteiger partial charge in [0.25, 0.3) is 0 Å². The van der Waals surface area contributed by atoms with Gasteiger partial charge in [0.1, 0.15) is 0 Å². The van der Waals surface area contributed by atoms with Crippen LogP contribution in [-0.2, 0) is 0 Å². The van der Waals surface area contributed by atoms with Crippen molar-refractivity contribution < 1.29 is 0 Å². The summed E-state index contributed by atoms with van der Waals surface area (Å²) in [6.45, 7) is 1.97. The molecule has 1 aromatic rings. The van der Waals surface area contributed by atoms with E-state index in [0.29, 0.717) is 0 Å². The van der Waals surface area contributed by atoms with Crippen LogP contribution in [0.5, 0.6) is 0 Å². The second-order valence-electron chi connectivity index (χ2n) is 2.63. The number of hydrogen-bond donors (Lipinski definition) is 1. The maximum atomic E-state index is 5.87. The number of terminal acetylenes is 1. The first-order valence-electron chi connectivity index (χ1n) is 3.85. The summed E-state index contributed by atoms with van der Waals surface area (Å²) in [5.41, 5.74) is 5.87. The van der Waals surface area contributed by atoms with E-state index in [4.69, 9.17) is 12.2 Å². The van der Waals surface area contributed by atoms with Gasteiger partial charge in [0.15, 0.2) is 0 Å². The van der Waals surface area contributed by atoms with Crippen LogP contribution in [0.4, 0.5) is 0 Å². The topological polar surface area (TPSA) is 38.9 Å². The molecule has 0 radical (unpaired) electrons. The van der Waals surface area contributed by atoms with Gasteiger partial charge in [-0.25, -0.2) is 4.98 Å². The van der Waals surface area contributed by atoms with Gasteiger partial charge in [-0.1, -0.05) is 0 Å². The Morgan fingerprint density at radius 2 is 2.58 bits per heavy atom. The van der Waals surface area contributed by atoms with E-state index in [9.17, 15) is 0 Å². The minimum absolute atomic E-state index is 0.0623. The summed E-state index contributed by atoms with van der Waals surface area (Å²) in [6.07, 6.45) is 8.56. The highest BCUT2D eigenvalue weighted by Gasteiger charge is 2.07. The van der Waals surface area contributed by atoms with Crippen LogP contribution in [0, 0.1) is 19.3 Å². The van der Waals surface area contributed by atoms with Crippen molar-refractivity contribution in [3.05, 3.63) is 16.1 Å². The van der Waals surface area contributed by atoms with E-state index in [2.05, 4.69) is 10.9 Å². The normalized spacial score (nSPS) is 12.4. The number of aryl methyl sites for hydroxylation is 1. The minimum atomic E-state index is 0.0623. The highest BCUT2D eigenvalue weighted by molar-refractivity contribution is 7.11. The summed E-state index contributed by atoms with van der Waals surface area (Å²) in [4.78, 5) is 5.26. The van der Waals surface area contributed by atoms with E-state index in [1.165, 1.54) is 0 Å². The Morgan fingerprint density at radius 3 is 3.08 bits per heavy atom. The van der Waals surface area contributed by atoms with Gasteiger partial charge in [0.05, 0.1) is 5.01 Å². The third-order valence-electron chi connectivity index (χ3n) is 1.60. The van der Waals surface area contributed by atoms with Crippen molar-refractivity contribution in [3.8, 4) is 12.3 Å². The lowest BCUT2D eigenvalue weighted by atomic mass is 10.1. The smallest absolute Gasteiger partial charge is 0.0897 e. The van der Waals surface area contributed by atoms with Crippen LogP contribution in [-0.4, -0.2) is 4.98 Å². The number of thiazole rings is 1. The van der Waals surface area contributed by atoms with Crippen LogP contribution in [0.25, 0.3) is 0 Å². The molecule has 3 heteroatoms. The summed E-state index contributed by atoms with van der Waals surface area (Å²) in [5, 5.41) is 1.06. The molecule has 0 saturated carbocycles. The molecule has 0 aromatic carbocycles. The first-order valence-corrected chi connectivity index (χ1v) is 4.67. The largest absolute Gasteiger partial charge is 0.323 e. The van der Waals surface area contributed by atoms with Gasteiger partial charge >= 0.3 is 0 Å². The summed E-state index contributed by atoms with van der Waals surface area (Å²) in [5.74, 6) is 2.58. The Morgan fingerprint density at radius 1 is 1.83 bits per heavy atom. The molecule has 1 atom stereocenters. The van der Waals surface area contributed by atoms with E-state index in [0.717, 1.165) is 22.7 Å². The lowest BCUT2D eigenvalue weighted by Gasteiger charge is -2.04. The number of nitrogens with two attached hydrogens (primary N) is 1. The Labute approximate surface area is 76.8 Å². The molecule has 2 nitrogen and oxygen atoms in total. The summed E-state index contributed by atoms with van der Waals surface area (Å²) >= 11 is 1.64. The van der Waals surface area contributed by atoms with Crippen LogP contribution < -0.4 is 5.73 Å². The van der Waals surface area contributed by atoms with Crippen molar-refractivity contribution in [3.63, 3.8) is 0 Å². The lowest BCUT2D eigenvalue weighted by Crippen LogP contribution is -2.07. The average Bonchev–Trinajstić information content (AvgIpc) is 2.47. The molecular formula is C9H12N2S. The van der Waals surface area contributed by atoms with E-state index in [-0.39, 0.29) is 6.04 Å². The quantitative estimate of drug-likeness (QED) is 0.721. The van der Waals surface area contributed by atoms with Crippen LogP contribution in [0.2, 0.25) is 0 Å². The molecule has 64 valence electrons. The zero-order valence-electron chi connectivity index (χ0n) is 7.08. The fourth-order valence-electron chi connectivity index (χ4n) is 0.930. The van der Waals surface area contributed by atoms with Crippen LogP contribution in [0.1, 0.15) is 28.8 Å². The Bertz CT molecular complexity index is 285. The second-order valence-corrected chi connectivity index (χ2v) is 3.90. The van der Waals surface area contributed by atoms with Gasteiger partial charge in [0, 0.05) is 23.5 Å². The molecule has 0 amide bonds. The molecule has 12 heavy (non-hydrogen) atoms. The van der Waals surface area contributed by atoms with Crippen molar-refractivity contribution in [2.45, 2.75) is 25.8 Å². The number of nitrogens with zero attached hydrogens (tertiary/aromatic N) is 1. The van der Waals surface area contributed by atoms with Gasteiger partial charge in [-0.3, -0.25) is 0 Å². The lowest BCUT2D eigenvalue weighted by molar-refractivity contribution is 0.678. The number of rotatable bonds is 3. The maximum absolute atomic E-state index is 5.87. The van der Waals surface area contributed by atoms with Crippen molar-refractivity contribution in [1.82, 2.24) is 4.98 Å². The molecule has 1 aromatic heterocycles. The molecule has 0 spiro atoms. The van der Waals surface area contributed by atoms with Crippen LogP contribution >= 0.6 is 11.3 Å². The molecule has 1 unspecified atom stereocenters. The molecular weight excluding hydrogens is 168 g/mol. The first kappa shape index (κ1) is 9.24. The van der Waals surface area contributed by atoms with Gasteiger partial charge in [0.2, 0.25) is 0 Å². The molecule has 1 rings (SSSR count). The van der Waals surface area contributed by atoms with Crippen molar-refractivity contribution in [1.29, 1.82) is 0 Å². The molecule has 0 aliphatic rings. The summed E-state index contributed by atoms with van der Waals surface area (Å²) in [6, 6.07) is 0.0623. The summed E-state index contributed by atoms with van der Waals surface area (Å²) in [7, 11) is 0. The van der Waals surface area contributed by atoms with Crippen molar-refractivity contribution >= 4 is 11.3 Å². The fourth-order valence-corrected chi connectivity index (χ4v) is 1.75. The van der Waals surface area contributed by atoms with Crippen molar-refractivity contribution in [2.24, 2.45) is 5.73 Å². The standard InChI is InChI=1S/C9H12N2S/c1-3-4-5-8(10)9-6-11-7(2)12-9/h1,6,8H,4-5,10H2,2H3. The van der Waals surface area contributed by atoms with Crippen LogP contribution in [0.15, 0.2) is 6.20 Å². The average molecular weight is 180 g/mol. The monoisotopic (exact) mass is 180 g/mol. The molecule has 2 N–H and O–H groups in total. The predicted molar refractivity (Wildman–Crippen MR) is 51.8 cm³/mol. The maximum Gasteiger partial charge on any atom is 0.0897 e. The molecule has 0 bridgehead atoms. The summed E-state index contributed by atoms with van der Waals surface area (Å²) < 4.78 is 0. The third kappa shape index (κ3) is 2.33. The van der Waals surface area contributed by atoms with Crippen molar-refractivity contribution in [2.75, 3.05) is 0 Å². The molecule has 0 fully saturated rings. The van der Waals surface area contributed by atoms with E-state index in [1.807, 2.05) is 13.1 Å². The zero-order valence-corrected chi connectivity index (χ0v) is 7.90. The molecule has 1 heterocycles. The van der Waals surface area contributed by atoms with Gasteiger partial charge in [-0.05, 0) is 13.3 Å². The number of hydrogen-bond acceptors (Lipinski definition) is 3. The third-order valence-corrected chi connectivity index (χ3v) is 2.65. The van der Waals surface area contributed by atoms with Gasteiger partial charge < -0.3 is 5.73 Å². The highest BCUT2D eigenvalue weighted by atomic mass is 32.1. The van der Waals surface area contributed by atoms with Gasteiger partial charge in [-0.15, -0.1) is 23.7 Å². The zero-order chi connectivity index (χ0) is 8.97.